The fraction of sp³-hybridized carbons (Fsp3) is 0. The number of rotatable bonds is 7. The van der Waals surface area contributed by atoms with Crippen molar-refractivity contribution in [3.05, 3.63) is 231 Å². The van der Waals surface area contributed by atoms with E-state index in [-0.39, 0.29) is 0 Å². The minimum atomic E-state index is 0.710. The molecule has 0 radical (unpaired) electrons. The Bertz CT molecular complexity index is 3550. The van der Waals surface area contributed by atoms with Gasteiger partial charge in [0.25, 0.3) is 0 Å². The molecule has 9 aromatic carbocycles. The molecule has 4 heteroatoms. The second-order valence-corrected chi connectivity index (χ2v) is 15.8. The smallest absolute Gasteiger partial charge is 0.160 e. The van der Waals surface area contributed by atoms with E-state index in [1.807, 2.05) is 24.3 Å². The number of aromatic nitrogens is 4. The van der Waals surface area contributed by atoms with E-state index in [1.165, 1.54) is 60.3 Å². The summed E-state index contributed by atoms with van der Waals surface area (Å²) in [4.78, 5) is 10.1. The molecule has 3 heterocycles. The van der Waals surface area contributed by atoms with Gasteiger partial charge in [-0.3, -0.25) is 0 Å². The molecule has 0 aliphatic rings. The number of nitrogens with zero attached hydrogens (tertiary/aromatic N) is 4. The summed E-state index contributed by atoms with van der Waals surface area (Å²) < 4.78 is 4.80. The standard InChI is InChI=1S/C58H38N4/c1-4-15-39(16-5-1)43-21-14-22-47(35-43)62-54-25-12-10-23-48(54)50-33-29-45(37-57(50)62)44-30-34-56-51(36-44)49-24-11-13-26-55(49)61(56)46-31-27-41(28-32-46)53-38-52(40-17-6-2-7-18-40)59-58(60-53)42-19-8-3-9-20-42/h1-38H. The highest BCUT2D eigenvalue weighted by Crippen LogP contribution is 2.39. The Hall–Kier alpha value is -8.34. The highest BCUT2D eigenvalue weighted by Gasteiger charge is 2.17. The predicted molar refractivity (Wildman–Crippen MR) is 258 cm³/mol. The zero-order valence-corrected chi connectivity index (χ0v) is 33.7. The predicted octanol–water partition coefficient (Wildman–Crippen LogP) is 15.0. The van der Waals surface area contributed by atoms with Crippen LogP contribution in [0.25, 0.3) is 111 Å². The first kappa shape index (κ1) is 35.6. The molecule has 4 nitrogen and oxygen atoms in total. The van der Waals surface area contributed by atoms with E-state index in [0.717, 1.165) is 45.0 Å². The van der Waals surface area contributed by atoms with E-state index in [9.17, 15) is 0 Å². The number of hydrogen-bond donors (Lipinski definition) is 0. The number of para-hydroxylation sites is 2. The molecule has 12 rings (SSSR count). The topological polar surface area (TPSA) is 35.6 Å². The average molecular weight is 791 g/mol. The first-order valence-electron chi connectivity index (χ1n) is 21.1. The van der Waals surface area contributed by atoms with E-state index in [0.29, 0.717) is 5.82 Å². The van der Waals surface area contributed by atoms with E-state index in [4.69, 9.17) is 9.97 Å². The van der Waals surface area contributed by atoms with Gasteiger partial charge in [0.15, 0.2) is 5.82 Å². The number of hydrogen-bond acceptors (Lipinski definition) is 2. The van der Waals surface area contributed by atoms with Gasteiger partial charge in [0.2, 0.25) is 0 Å². The monoisotopic (exact) mass is 790 g/mol. The molecule has 0 aliphatic carbocycles. The number of benzene rings is 9. The van der Waals surface area contributed by atoms with Crippen LogP contribution in [0, 0.1) is 0 Å². The SMILES string of the molecule is c1ccc(-c2cccc(-n3c4ccccc4c4ccc(-c5ccc6c(c5)c5ccccc5n6-c5ccc(-c6cc(-c7ccccc7)nc(-c7ccccc7)n6)cc5)cc43)c2)cc1. The Morgan fingerprint density at radius 3 is 1.40 bits per heavy atom. The van der Waals surface area contributed by atoms with Crippen LogP contribution in [-0.2, 0) is 0 Å². The molecule has 290 valence electrons. The van der Waals surface area contributed by atoms with Crippen molar-refractivity contribution in [3.63, 3.8) is 0 Å². The van der Waals surface area contributed by atoms with Crippen LogP contribution in [0.1, 0.15) is 0 Å². The molecule has 3 aromatic heterocycles. The summed E-state index contributed by atoms with van der Waals surface area (Å²) in [5, 5.41) is 4.92. The molecular weight excluding hydrogens is 753 g/mol. The maximum Gasteiger partial charge on any atom is 0.160 e. The Labute approximate surface area is 359 Å². The summed E-state index contributed by atoms with van der Waals surface area (Å²) in [6.45, 7) is 0. The lowest BCUT2D eigenvalue weighted by Gasteiger charge is -2.12. The van der Waals surface area contributed by atoms with Crippen LogP contribution >= 0.6 is 0 Å². The quantitative estimate of drug-likeness (QED) is 0.161. The van der Waals surface area contributed by atoms with Gasteiger partial charge >= 0.3 is 0 Å². The van der Waals surface area contributed by atoms with Gasteiger partial charge in [-0.15, -0.1) is 0 Å². The van der Waals surface area contributed by atoms with Crippen LogP contribution in [0.15, 0.2) is 231 Å². The third kappa shape index (κ3) is 6.08. The van der Waals surface area contributed by atoms with Crippen LogP contribution in [0.2, 0.25) is 0 Å². The molecule has 0 atom stereocenters. The van der Waals surface area contributed by atoms with Crippen LogP contribution in [-0.4, -0.2) is 19.1 Å². The Kier molecular flexibility index (Phi) is 8.46. The molecule has 12 aromatic rings. The fourth-order valence-corrected chi connectivity index (χ4v) is 9.16. The molecule has 62 heavy (non-hydrogen) atoms. The highest BCUT2D eigenvalue weighted by atomic mass is 15.0. The lowest BCUT2D eigenvalue weighted by atomic mass is 10.0. The van der Waals surface area contributed by atoms with Crippen molar-refractivity contribution in [2.75, 3.05) is 0 Å². The van der Waals surface area contributed by atoms with Crippen molar-refractivity contribution in [1.29, 1.82) is 0 Å². The molecule has 0 amide bonds. The summed E-state index contributed by atoms with van der Waals surface area (Å²) in [5.74, 6) is 0.710. The van der Waals surface area contributed by atoms with Gasteiger partial charge in [0.05, 0.1) is 33.5 Å². The highest BCUT2D eigenvalue weighted by molar-refractivity contribution is 6.12. The Balaban J connectivity index is 0.955. The van der Waals surface area contributed by atoms with Crippen molar-refractivity contribution in [3.8, 4) is 67.5 Å². The third-order valence-corrected chi connectivity index (χ3v) is 12.1. The Morgan fingerprint density at radius 1 is 0.242 bits per heavy atom. The van der Waals surface area contributed by atoms with Crippen LogP contribution in [0.5, 0.6) is 0 Å². The van der Waals surface area contributed by atoms with Gasteiger partial charge < -0.3 is 9.13 Å². The van der Waals surface area contributed by atoms with Crippen LogP contribution in [0.4, 0.5) is 0 Å². The lowest BCUT2D eigenvalue weighted by Crippen LogP contribution is -1.97. The van der Waals surface area contributed by atoms with Gasteiger partial charge in [-0.1, -0.05) is 170 Å². The maximum absolute atomic E-state index is 5.08. The largest absolute Gasteiger partial charge is 0.309 e. The normalized spacial score (nSPS) is 11.5. The minimum absolute atomic E-state index is 0.710. The van der Waals surface area contributed by atoms with Gasteiger partial charge in [-0.25, -0.2) is 9.97 Å². The summed E-state index contributed by atoms with van der Waals surface area (Å²) in [6, 6.07) is 82.2. The summed E-state index contributed by atoms with van der Waals surface area (Å²) in [6.07, 6.45) is 0. The van der Waals surface area contributed by atoms with Crippen molar-refractivity contribution in [1.82, 2.24) is 19.1 Å². The molecule has 0 aliphatic heterocycles. The van der Waals surface area contributed by atoms with Crippen molar-refractivity contribution in [2.24, 2.45) is 0 Å². The molecule has 0 unspecified atom stereocenters. The first-order chi connectivity index (χ1) is 30.7. The molecule has 0 fully saturated rings. The first-order valence-corrected chi connectivity index (χ1v) is 21.1. The van der Waals surface area contributed by atoms with Crippen LogP contribution in [0.3, 0.4) is 0 Å². The Morgan fingerprint density at radius 2 is 0.710 bits per heavy atom. The zero-order valence-electron chi connectivity index (χ0n) is 33.7. The van der Waals surface area contributed by atoms with Gasteiger partial charge in [-0.2, -0.15) is 0 Å². The van der Waals surface area contributed by atoms with E-state index < -0.39 is 0 Å². The van der Waals surface area contributed by atoms with Crippen LogP contribution < -0.4 is 0 Å². The summed E-state index contributed by atoms with van der Waals surface area (Å²) in [7, 11) is 0. The van der Waals surface area contributed by atoms with Crippen molar-refractivity contribution >= 4 is 43.6 Å². The zero-order chi connectivity index (χ0) is 41.0. The van der Waals surface area contributed by atoms with Gasteiger partial charge in [0, 0.05) is 49.6 Å². The van der Waals surface area contributed by atoms with E-state index in [1.54, 1.807) is 0 Å². The molecule has 0 saturated heterocycles. The molecule has 0 N–H and O–H groups in total. The fourth-order valence-electron chi connectivity index (χ4n) is 9.16. The third-order valence-electron chi connectivity index (χ3n) is 12.1. The molecule has 0 saturated carbocycles. The molecule has 0 bridgehead atoms. The lowest BCUT2D eigenvalue weighted by molar-refractivity contribution is 1.17. The molecule has 0 spiro atoms. The van der Waals surface area contributed by atoms with E-state index in [2.05, 4.69) is 215 Å². The number of fused-ring (bicyclic) bond motifs is 6. The van der Waals surface area contributed by atoms with Crippen molar-refractivity contribution in [2.45, 2.75) is 0 Å². The van der Waals surface area contributed by atoms with Crippen molar-refractivity contribution < 1.29 is 0 Å². The maximum atomic E-state index is 5.08. The minimum Gasteiger partial charge on any atom is -0.309 e. The second-order valence-electron chi connectivity index (χ2n) is 15.8. The summed E-state index contributed by atoms with van der Waals surface area (Å²) in [5.41, 5.74) is 16.6. The second kappa shape index (κ2) is 14.7. The molecular formula is C58H38N4. The van der Waals surface area contributed by atoms with Gasteiger partial charge in [0.1, 0.15) is 0 Å². The average Bonchev–Trinajstić information content (AvgIpc) is 3.87. The van der Waals surface area contributed by atoms with E-state index >= 15 is 0 Å². The summed E-state index contributed by atoms with van der Waals surface area (Å²) >= 11 is 0. The van der Waals surface area contributed by atoms with Gasteiger partial charge in [-0.05, 0) is 82.9 Å².